The SMILES string of the molecule is C1CCC(CN2CCCN(Cc3noc4c3CCCC4)CC2)CC1. The van der Waals surface area contributed by atoms with Gasteiger partial charge in [0.15, 0.2) is 0 Å². The Balaban J connectivity index is 1.29. The number of aryl methyl sites for hydroxylation is 1. The van der Waals surface area contributed by atoms with Crippen molar-refractivity contribution in [2.24, 2.45) is 5.92 Å². The van der Waals surface area contributed by atoms with E-state index in [1.165, 1.54) is 108 Å². The molecule has 134 valence electrons. The van der Waals surface area contributed by atoms with Crippen molar-refractivity contribution in [3.63, 3.8) is 0 Å². The monoisotopic (exact) mass is 331 g/mol. The van der Waals surface area contributed by atoms with Crippen molar-refractivity contribution in [2.45, 2.75) is 70.8 Å². The number of rotatable bonds is 4. The third-order valence-corrected chi connectivity index (χ3v) is 6.33. The Morgan fingerprint density at radius 2 is 1.62 bits per heavy atom. The van der Waals surface area contributed by atoms with Crippen LogP contribution in [0, 0.1) is 5.92 Å². The van der Waals surface area contributed by atoms with Gasteiger partial charge in [-0.3, -0.25) is 4.90 Å². The predicted molar refractivity (Wildman–Crippen MR) is 96.1 cm³/mol. The molecule has 2 fully saturated rings. The van der Waals surface area contributed by atoms with Crippen LogP contribution in [0.5, 0.6) is 0 Å². The lowest BCUT2D eigenvalue weighted by Crippen LogP contribution is -2.34. The van der Waals surface area contributed by atoms with E-state index in [-0.39, 0.29) is 0 Å². The van der Waals surface area contributed by atoms with Gasteiger partial charge in [-0.2, -0.15) is 0 Å². The first kappa shape index (κ1) is 16.6. The van der Waals surface area contributed by atoms with Gasteiger partial charge in [-0.05, 0) is 57.5 Å². The maximum Gasteiger partial charge on any atom is 0.140 e. The Kier molecular flexibility index (Phi) is 5.53. The second kappa shape index (κ2) is 8.01. The molecule has 4 rings (SSSR count). The zero-order valence-electron chi connectivity index (χ0n) is 15.1. The number of hydrogen-bond acceptors (Lipinski definition) is 4. The highest BCUT2D eigenvalue weighted by atomic mass is 16.5. The van der Waals surface area contributed by atoms with Crippen LogP contribution in [-0.2, 0) is 19.4 Å². The predicted octanol–water partition coefficient (Wildman–Crippen LogP) is 3.64. The highest BCUT2D eigenvalue weighted by molar-refractivity contribution is 5.25. The minimum absolute atomic E-state index is 0.966. The summed E-state index contributed by atoms with van der Waals surface area (Å²) >= 11 is 0. The van der Waals surface area contributed by atoms with Gasteiger partial charge < -0.3 is 9.42 Å². The van der Waals surface area contributed by atoms with Gasteiger partial charge in [0.05, 0.1) is 0 Å². The van der Waals surface area contributed by atoms with E-state index in [0.717, 1.165) is 18.9 Å². The maximum atomic E-state index is 5.59. The van der Waals surface area contributed by atoms with E-state index in [9.17, 15) is 0 Å². The van der Waals surface area contributed by atoms with Gasteiger partial charge in [-0.25, -0.2) is 0 Å². The van der Waals surface area contributed by atoms with Crippen LogP contribution in [0.2, 0.25) is 0 Å². The van der Waals surface area contributed by atoms with Crippen LogP contribution < -0.4 is 0 Å². The molecule has 4 nitrogen and oxygen atoms in total. The molecule has 0 bridgehead atoms. The van der Waals surface area contributed by atoms with Crippen molar-refractivity contribution in [1.82, 2.24) is 15.0 Å². The minimum atomic E-state index is 0.966. The lowest BCUT2D eigenvalue weighted by atomic mass is 9.89. The van der Waals surface area contributed by atoms with Crippen LogP contribution >= 0.6 is 0 Å². The summed E-state index contributed by atoms with van der Waals surface area (Å²) in [7, 11) is 0. The quantitative estimate of drug-likeness (QED) is 0.843. The third kappa shape index (κ3) is 4.02. The molecule has 0 unspecified atom stereocenters. The van der Waals surface area contributed by atoms with E-state index in [1.807, 2.05) is 0 Å². The van der Waals surface area contributed by atoms with E-state index >= 15 is 0 Å². The van der Waals surface area contributed by atoms with Crippen molar-refractivity contribution in [3.8, 4) is 0 Å². The van der Waals surface area contributed by atoms with E-state index in [1.54, 1.807) is 0 Å². The van der Waals surface area contributed by atoms with Crippen molar-refractivity contribution in [2.75, 3.05) is 32.7 Å². The maximum absolute atomic E-state index is 5.59. The fourth-order valence-corrected chi connectivity index (χ4v) is 4.88. The summed E-state index contributed by atoms with van der Waals surface area (Å²) in [5.74, 6) is 2.14. The van der Waals surface area contributed by atoms with Crippen LogP contribution in [0.15, 0.2) is 4.52 Å². The average Bonchev–Trinajstić information content (AvgIpc) is 2.90. The zero-order valence-corrected chi connectivity index (χ0v) is 15.1. The molecule has 1 aromatic rings. The Morgan fingerprint density at radius 3 is 2.54 bits per heavy atom. The number of fused-ring (bicyclic) bond motifs is 1. The second-order valence-electron chi connectivity index (χ2n) is 8.17. The van der Waals surface area contributed by atoms with Crippen LogP contribution in [0.1, 0.15) is 68.4 Å². The van der Waals surface area contributed by atoms with Gasteiger partial charge in [0.25, 0.3) is 0 Å². The molecule has 24 heavy (non-hydrogen) atoms. The average molecular weight is 332 g/mol. The standard InChI is InChI=1S/C20H33N3O/c1-2-7-17(8-3-1)15-22-11-6-12-23(14-13-22)16-19-18-9-4-5-10-20(18)24-21-19/h17H,1-16H2. The van der Waals surface area contributed by atoms with Crippen LogP contribution in [0.3, 0.4) is 0 Å². The molecule has 1 aliphatic heterocycles. The molecule has 0 atom stereocenters. The lowest BCUT2D eigenvalue weighted by Gasteiger charge is -2.28. The third-order valence-electron chi connectivity index (χ3n) is 6.33. The Morgan fingerprint density at radius 1 is 0.833 bits per heavy atom. The smallest absolute Gasteiger partial charge is 0.140 e. The number of nitrogens with zero attached hydrogens (tertiary/aromatic N) is 3. The second-order valence-corrected chi connectivity index (χ2v) is 8.17. The largest absolute Gasteiger partial charge is 0.361 e. The van der Waals surface area contributed by atoms with E-state index in [0.29, 0.717) is 0 Å². The minimum Gasteiger partial charge on any atom is -0.361 e. The van der Waals surface area contributed by atoms with Crippen molar-refractivity contribution in [3.05, 3.63) is 17.0 Å². The molecular formula is C20H33N3O. The molecule has 0 N–H and O–H groups in total. The van der Waals surface area contributed by atoms with Crippen molar-refractivity contribution in [1.29, 1.82) is 0 Å². The molecule has 4 heteroatoms. The normalized spacial score (nSPS) is 24.7. The Bertz CT molecular complexity index is 521. The molecule has 3 aliphatic rings. The molecule has 0 aromatic carbocycles. The summed E-state index contributed by atoms with van der Waals surface area (Å²) in [5, 5.41) is 4.40. The molecular weight excluding hydrogens is 298 g/mol. The van der Waals surface area contributed by atoms with Crippen LogP contribution in [0.25, 0.3) is 0 Å². The van der Waals surface area contributed by atoms with Crippen molar-refractivity contribution >= 4 is 0 Å². The first-order chi connectivity index (χ1) is 11.9. The first-order valence-electron chi connectivity index (χ1n) is 10.3. The van der Waals surface area contributed by atoms with Gasteiger partial charge in [0.2, 0.25) is 0 Å². The van der Waals surface area contributed by atoms with Crippen molar-refractivity contribution < 1.29 is 4.52 Å². The summed E-state index contributed by atoms with van der Waals surface area (Å²) in [6.45, 7) is 7.25. The molecule has 1 aromatic heterocycles. The summed E-state index contributed by atoms with van der Waals surface area (Å²) in [6, 6.07) is 0. The number of hydrogen-bond donors (Lipinski definition) is 0. The van der Waals surface area contributed by atoms with Crippen LogP contribution in [-0.4, -0.2) is 47.7 Å². The highest BCUT2D eigenvalue weighted by Crippen LogP contribution is 2.26. The van der Waals surface area contributed by atoms with E-state index in [4.69, 9.17) is 4.52 Å². The summed E-state index contributed by atoms with van der Waals surface area (Å²) in [4.78, 5) is 5.34. The molecule has 0 radical (unpaired) electrons. The van der Waals surface area contributed by atoms with E-state index < -0.39 is 0 Å². The summed E-state index contributed by atoms with van der Waals surface area (Å²) in [6.07, 6.45) is 13.4. The molecule has 1 saturated heterocycles. The molecule has 2 heterocycles. The fourth-order valence-electron chi connectivity index (χ4n) is 4.88. The molecule has 0 amide bonds. The van der Waals surface area contributed by atoms with Gasteiger partial charge in [0.1, 0.15) is 11.5 Å². The lowest BCUT2D eigenvalue weighted by molar-refractivity contribution is 0.199. The van der Waals surface area contributed by atoms with Gasteiger partial charge >= 0.3 is 0 Å². The Labute approximate surface area is 146 Å². The van der Waals surface area contributed by atoms with Crippen LogP contribution in [0.4, 0.5) is 0 Å². The summed E-state index contributed by atoms with van der Waals surface area (Å²) in [5.41, 5.74) is 2.66. The highest BCUT2D eigenvalue weighted by Gasteiger charge is 2.23. The molecule has 1 saturated carbocycles. The molecule has 0 spiro atoms. The zero-order chi connectivity index (χ0) is 16.2. The van der Waals surface area contributed by atoms with Gasteiger partial charge in [-0.15, -0.1) is 0 Å². The van der Waals surface area contributed by atoms with Gasteiger partial charge in [0, 0.05) is 38.2 Å². The Hall–Kier alpha value is -0.870. The number of aromatic nitrogens is 1. The first-order valence-corrected chi connectivity index (χ1v) is 10.3. The topological polar surface area (TPSA) is 32.5 Å². The fraction of sp³-hybridized carbons (Fsp3) is 0.850. The summed E-state index contributed by atoms with van der Waals surface area (Å²) < 4.78 is 5.59. The molecule has 2 aliphatic carbocycles. The van der Waals surface area contributed by atoms with Gasteiger partial charge in [-0.1, -0.05) is 24.4 Å². The van der Waals surface area contributed by atoms with E-state index in [2.05, 4.69) is 15.0 Å².